The highest BCUT2D eigenvalue weighted by atomic mass is 32.2. The fraction of sp³-hybridized carbons (Fsp3) is 0.588. The number of hydrogen-bond donors (Lipinski definition) is 1. The van der Waals surface area contributed by atoms with E-state index in [4.69, 9.17) is 0 Å². The van der Waals surface area contributed by atoms with E-state index < -0.39 is 23.0 Å². The third-order valence-electron chi connectivity index (χ3n) is 4.42. The second-order valence-electron chi connectivity index (χ2n) is 6.08. The zero-order chi connectivity index (χ0) is 19.2. The molecule has 0 bridgehead atoms. The van der Waals surface area contributed by atoms with Gasteiger partial charge in [-0.2, -0.15) is 13.2 Å². The highest BCUT2D eigenvalue weighted by molar-refractivity contribution is 7.85. The Balaban J connectivity index is 1.79. The van der Waals surface area contributed by atoms with Crippen LogP contribution in [0.5, 0.6) is 0 Å². The predicted octanol–water partition coefficient (Wildman–Crippen LogP) is 1.94. The lowest BCUT2D eigenvalue weighted by Crippen LogP contribution is -2.57. The van der Waals surface area contributed by atoms with Gasteiger partial charge in [0.25, 0.3) is 0 Å². The van der Waals surface area contributed by atoms with E-state index in [0.29, 0.717) is 44.4 Å². The lowest BCUT2D eigenvalue weighted by Gasteiger charge is -2.39. The third-order valence-corrected chi connectivity index (χ3v) is 5.80. The predicted molar refractivity (Wildman–Crippen MR) is 97.7 cm³/mol. The van der Waals surface area contributed by atoms with Crippen LogP contribution in [-0.2, 0) is 10.8 Å². The molecule has 0 saturated carbocycles. The topological polar surface area (TPSA) is 47.9 Å². The molecule has 1 saturated heterocycles. The van der Waals surface area contributed by atoms with Gasteiger partial charge in [-0.05, 0) is 19.1 Å². The number of hydrogen-bond acceptors (Lipinski definition) is 3. The molecule has 26 heavy (non-hydrogen) atoms. The molecule has 1 aliphatic rings. The van der Waals surface area contributed by atoms with Crippen LogP contribution in [0, 0.1) is 0 Å². The Labute approximate surface area is 154 Å². The number of benzene rings is 1. The number of nitrogens with zero attached hydrogens (tertiary/aromatic N) is 3. The fourth-order valence-electron chi connectivity index (χ4n) is 2.81. The van der Waals surface area contributed by atoms with Gasteiger partial charge in [-0.25, -0.2) is 0 Å². The smallest absolute Gasteiger partial charge is 0.355 e. The van der Waals surface area contributed by atoms with E-state index in [9.17, 15) is 17.4 Å². The first-order valence-electron chi connectivity index (χ1n) is 8.52. The largest absolute Gasteiger partial charge is 0.403 e. The highest BCUT2D eigenvalue weighted by Gasteiger charge is 2.41. The van der Waals surface area contributed by atoms with Gasteiger partial charge >= 0.3 is 6.18 Å². The first-order chi connectivity index (χ1) is 12.3. The molecule has 0 spiro atoms. The minimum absolute atomic E-state index is 0.331. The Bertz CT molecular complexity index is 616. The van der Waals surface area contributed by atoms with Crippen LogP contribution in [0.25, 0.3) is 0 Å². The summed E-state index contributed by atoms with van der Waals surface area (Å²) in [4.78, 5) is 8.34. The average molecular weight is 390 g/mol. The molecule has 9 heteroatoms. The molecule has 0 amide bonds. The Morgan fingerprint density at radius 3 is 2.38 bits per heavy atom. The molecule has 0 aromatic heterocycles. The van der Waals surface area contributed by atoms with Gasteiger partial charge in [0.1, 0.15) is 6.04 Å². The molecular formula is C17H25F3N4OS. The van der Waals surface area contributed by atoms with Crippen LogP contribution < -0.4 is 5.32 Å². The van der Waals surface area contributed by atoms with E-state index in [1.54, 1.807) is 7.05 Å². The van der Waals surface area contributed by atoms with Crippen molar-refractivity contribution in [1.29, 1.82) is 0 Å². The van der Waals surface area contributed by atoms with E-state index in [-0.39, 0.29) is 0 Å². The quantitative estimate of drug-likeness (QED) is 0.617. The molecule has 1 aliphatic heterocycles. The van der Waals surface area contributed by atoms with Crippen LogP contribution in [-0.4, -0.2) is 77.7 Å². The third kappa shape index (κ3) is 5.70. The minimum atomic E-state index is -4.20. The summed E-state index contributed by atoms with van der Waals surface area (Å²) in [6, 6.07) is 7.79. The Morgan fingerprint density at radius 2 is 1.85 bits per heavy atom. The number of alkyl halides is 3. The molecule has 1 aromatic rings. The zero-order valence-corrected chi connectivity index (χ0v) is 15.8. The second kappa shape index (κ2) is 9.36. The normalized spacial score (nSPS) is 19.3. The van der Waals surface area contributed by atoms with Crippen molar-refractivity contribution in [3.05, 3.63) is 30.3 Å². The van der Waals surface area contributed by atoms with E-state index in [0.717, 1.165) is 4.90 Å². The molecule has 2 unspecified atom stereocenters. The minimum Gasteiger partial charge on any atom is -0.355 e. The molecular weight excluding hydrogens is 365 g/mol. The maximum Gasteiger partial charge on any atom is 0.403 e. The zero-order valence-electron chi connectivity index (χ0n) is 15.0. The van der Waals surface area contributed by atoms with Crippen LogP contribution in [0.3, 0.4) is 0 Å². The van der Waals surface area contributed by atoms with Gasteiger partial charge in [0.05, 0.1) is 10.8 Å². The summed E-state index contributed by atoms with van der Waals surface area (Å²) in [5, 5.41) is 3.16. The molecule has 146 valence electrons. The van der Waals surface area contributed by atoms with Crippen molar-refractivity contribution in [3.8, 4) is 0 Å². The molecule has 1 N–H and O–H groups in total. The van der Waals surface area contributed by atoms with E-state index in [1.165, 1.54) is 11.8 Å². The summed E-state index contributed by atoms with van der Waals surface area (Å²) in [6.07, 6.45) is -4.20. The van der Waals surface area contributed by atoms with Gasteiger partial charge in [0.15, 0.2) is 5.96 Å². The van der Waals surface area contributed by atoms with Gasteiger partial charge in [-0.1, -0.05) is 18.2 Å². The summed E-state index contributed by atoms with van der Waals surface area (Å²) < 4.78 is 50.7. The molecule has 1 fully saturated rings. The van der Waals surface area contributed by atoms with Crippen molar-refractivity contribution < 1.29 is 17.4 Å². The summed E-state index contributed by atoms with van der Waals surface area (Å²) in [7, 11) is 0.542. The van der Waals surface area contributed by atoms with Gasteiger partial charge in [-0.15, -0.1) is 0 Å². The number of nitrogens with one attached hydrogen (secondary N) is 1. The van der Waals surface area contributed by atoms with Crippen molar-refractivity contribution in [3.63, 3.8) is 0 Å². The second-order valence-corrected chi connectivity index (χ2v) is 7.65. The Hall–Kier alpha value is -1.61. The molecule has 1 heterocycles. The molecule has 2 rings (SSSR count). The maximum absolute atomic E-state index is 12.8. The lowest BCUT2D eigenvalue weighted by atomic mass is 10.2. The van der Waals surface area contributed by atoms with Gasteiger partial charge in [-0.3, -0.25) is 14.1 Å². The van der Waals surface area contributed by atoms with E-state index in [2.05, 4.69) is 10.3 Å². The first kappa shape index (κ1) is 20.7. The average Bonchev–Trinajstić information content (AvgIpc) is 2.64. The number of rotatable bonds is 5. The number of halogens is 3. The van der Waals surface area contributed by atoms with Crippen molar-refractivity contribution in [1.82, 2.24) is 15.1 Å². The highest BCUT2D eigenvalue weighted by Crippen LogP contribution is 2.25. The fourth-order valence-corrected chi connectivity index (χ4v) is 3.79. The van der Waals surface area contributed by atoms with E-state index in [1.807, 2.05) is 35.2 Å². The van der Waals surface area contributed by atoms with Crippen LogP contribution in [0.2, 0.25) is 0 Å². The van der Waals surface area contributed by atoms with Crippen molar-refractivity contribution in [2.45, 2.75) is 24.0 Å². The number of aliphatic imine (C=N–C) groups is 1. The van der Waals surface area contributed by atoms with Crippen LogP contribution in [0.4, 0.5) is 13.2 Å². The molecule has 0 aliphatic carbocycles. The Morgan fingerprint density at radius 1 is 1.23 bits per heavy atom. The van der Waals surface area contributed by atoms with Crippen LogP contribution in [0.1, 0.15) is 6.92 Å². The van der Waals surface area contributed by atoms with Gasteiger partial charge in [0.2, 0.25) is 0 Å². The lowest BCUT2D eigenvalue weighted by molar-refractivity contribution is -0.181. The van der Waals surface area contributed by atoms with E-state index >= 15 is 0 Å². The van der Waals surface area contributed by atoms with Crippen molar-refractivity contribution in [2.24, 2.45) is 4.99 Å². The van der Waals surface area contributed by atoms with Crippen LogP contribution in [0.15, 0.2) is 40.2 Å². The summed E-state index contributed by atoms with van der Waals surface area (Å²) in [5.74, 6) is 1.07. The Kier molecular flexibility index (Phi) is 7.45. The van der Waals surface area contributed by atoms with Crippen molar-refractivity contribution in [2.75, 3.05) is 45.5 Å². The summed E-state index contributed by atoms with van der Waals surface area (Å²) >= 11 is 0. The first-order valence-corrected chi connectivity index (χ1v) is 9.84. The van der Waals surface area contributed by atoms with Gasteiger partial charge < -0.3 is 10.2 Å². The monoisotopic (exact) mass is 390 g/mol. The molecule has 1 aromatic carbocycles. The number of guanidine groups is 1. The summed E-state index contributed by atoms with van der Waals surface area (Å²) in [6.45, 7) is 3.29. The summed E-state index contributed by atoms with van der Waals surface area (Å²) in [5.41, 5.74) is 0. The molecule has 5 nitrogen and oxygen atoms in total. The molecule has 0 radical (unpaired) electrons. The maximum atomic E-state index is 12.8. The number of piperazine rings is 1. The van der Waals surface area contributed by atoms with Crippen LogP contribution >= 0.6 is 0 Å². The standard InChI is InChI=1S/C17H25F3N4OS/c1-14(17(18,19)20)23-9-11-24(12-10-23)16(21-2)22-8-13-26(25)15-6-4-3-5-7-15/h3-7,14H,8-13H2,1-2H3,(H,21,22). The molecule has 2 atom stereocenters. The van der Waals surface area contributed by atoms with Crippen molar-refractivity contribution >= 4 is 16.8 Å². The SMILES string of the molecule is CN=C(NCCS(=O)c1ccccc1)N1CCN(C(C)C(F)(F)F)CC1. The van der Waals surface area contributed by atoms with Gasteiger partial charge in [0, 0.05) is 50.4 Å².